The van der Waals surface area contributed by atoms with Crippen molar-refractivity contribution in [3.05, 3.63) is 54.0 Å². The molecule has 2 saturated heterocycles. The van der Waals surface area contributed by atoms with Gasteiger partial charge in [0.05, 0.1) is 25.5 Å². The Morgan fingerprint density at radius 1 is 1.15 bits per heavy atom. The number of methoxy groups -OCH3 is 1. The maximum absolute atomic E-state index is 6.07. The van der Waals surface area contributed by atoms with Crippen molar-refractivity contribution in [1.82, 2.24) is 19.8 Å². The average Bonchev–Trinajstić information content (AvgIpc) is 2.69. The summed E-state index contributed by atoms with van der Waals surface area (Å²) in [5.74, 6) is 0.678. The molecule has 26 heavy (non-hydrogen) atoms. The Morgan fingerprint density at radius 3 is 2.88 bits per heavy atom. The van der Waals surface area contributed by atoms with Crippen molar-refractivity contribution >= 4 is 0 Å². The van der Waals surface area contributed by atoms with E-state index in [1.54, 1.807) is 7.11 Å². The zero-order valence-electron chi connectivity index (χ0n) is 15.3. The number of pyridine rings is 2. The van der Waals surface area contributed by atoms with Crippen molar-refractivity contribution < 1.29 is 9.47 Å². The number of morpholine rings is 1. The van der Waals surface area contributed by atoms with E-state index < -0.39 is 0 Å². The van der Waals surface area contributed by atoms with Gasteiger partial charge < -0.3 is 9.47 Å². The lowest BCUT2D eigenvalue weighted by Crippen LogP contribution is -2.59. The fourth-order valence-corrected chi connectivity index (χ4v) is 3.96. The molecule has 0 saturated carbocycles. The van der Waals surface area contributed by atoms with E-state index in [-0.39, 0.29) is 0 Å². The zero-order chi connectivity index (χ0) is 17.8. The second-order valence-electron chi connectivity index (χ2n) is 7.00. The smallest absolute Gasteiger partial charge is 0.213 e. The number of ether oxygens (including phenoxy) is 2. The summed E-state index contributed by atoms with van der Waals surface area (Å²) in [6.07, 6.45) is 5.14. The zero-order valence-corrected chi connectivity index (χ0v) is 15.3. The Hall–Kier alpha value is -2.02. The first-order valence-electron chi connectivity index (χ1n) is 9.28. The topological polar surface area (TPSA) is 50.7 Å². The minimum Gasteiger partial charge on any atom is -0.481 e. The number of aromatic nitrogens is 2. The van der Waals surface area contributed by atoms with Crippen LogP contribution < -0.4 is 4.74 Å². The monoisotopic (exact) mass is 354 g/mol. The van der Waals surface area contributed by atoms with Crippen molar-refractivity contribution in [3.8, 4) is 5.88 Å². The highest BCUT2D eigenvalue weighted by Crippen LogP contribution is 2.25. The molecule has 0 aliphatic carbocycles. The molecule has 4 heterocycles. The van der Waals surface area contributed by atoms with Crippen molar-refractivity contribution in [3.63, 3.8) is 0 Å². The first kappa shape index (κ1) is 17.4. The number of fused-ring (bicyclic) bond motifs is 1. The highest BCUT2D eigenvalue weighted by Gasteiger charge is 2.37. The summed E-state index contributed by atoms with van der Waals surface area (Å²) in [5, 5.41) is 0. The van der Waals surface area contributed by atoms with E-state index in [1.807, 2.05) is 24.5 Å². The molecule has 0 amide bonds. The van der Waals surface area contributed by atoms with Gasteiger partial charge in [0.15, 0.2) is 0 Å². The van der Waals surface area contributed by atoms with E-state index in [0.717, 1.165) is 51.4 Å². The summed E-state index contributed by atoms with van der Waals surface area (Å²) < 4.78 is 11.3. The summed E-state index contributed by atoms with van der Waals surface area (Å²) >= 11 is 0. The largest absolute Gasteiger partial charge is 0.481 e. The van der Waals surface area contributed by atoms with E-state index in [0.29, 0.717) is 18.0 Å². The Morgan fingerprint density at radius 2 is 2.04 bits per heavy atom. The first-order chi connectivity index (χ1) is 12.8. The molecule has 2 aromatic heterocycles. The standard InChI is InChI=1S/C20H26N4O2/c1-25-20-4-2-3-17(22-20)14-23-10-7-19-18(15-23)24(11-12-26-19)13-16-5-8-21-9-6-16/h2-6,8-9,18-19H,7,10-15H2,1H3/t18-,19-/m0/s1. The third kappa shape index (κ3) is 4.03. The number of rotatable bonds is 5. The Labute approximate surface area is 154 Å². The van der Waals surface area contributed by atoms with Crippen LogP contribution in [0.5, 0.6) is 5.88 Å². The third-order valence-corrected chi connectivity index (χ3v) is 5.29. The van der Waals surface area contributed by atoms with E-state index in [4.69, 9.17) is 9.47 Å². The lowest BCUT2D eigenvalue weighted by molar-refractivity contribution is -0.107. The number of piperidine rings is 1. The van der Waals surface area contributed by atoms with E-state index in [9.17, 15) is 0 Å². The average molecular weight is 354 g/mol. The van der Waals surface area contributed by atoms with Gasteiger partial charge in [-0.25, -0.2) is 4.98 Å². The molecule has 6 heteroatoms. The molecule has 0 N–H and O–H groups in total. The molecule has 0 radical (unpaired) electrons. The third-order valence-electron chi connectivity index (χ3n) is 5.29. The molecular weight excluding hydrogens is 328 g/mol. The van der Waals surface area contributed by atoms with Gasteiger partial charge in [0.25, 0.3) is 0 Å². The maximum Gasteiger partial charge on any atom is 0.213 e. The number of hydrogen-bond donors (Lipinski definition) is 0. The van der Waals surface area contributed by atoms with Crippen molar-refractivity contribution in [1.29, 1.82) is 0 Å². The number of hydrogen-bond acceptors (Lipinski definition) is 6. The van der Waals surface area contributed by atoms with Gasteiger partial charge in [-0.15, -0.1) is 0 Å². The Bertz CT molecular complexity index is 712. The molecule has 0 bridgehead atoms. The number of nitrogens with zero attached hydrogens (tertiary/aromatic N) is 4. The SMILES string of the molecule is COc1cccc(CN2CC[C@@H]3OCCN(Cc4ccncc4)[C@H]3C2)n1. The highest BCUT2D eigenvalue weighted by atomic mass is 16.5. The fraction of sp³-hybridized carbons (Fsp3) is 0.500. The van der Waals surface area contributed by atoms with Crippen molar-refractivity contribution in [2.45, 2.75) is 31.7 Å². The summed E-state index contributed by atoms with van der Waals surface area (Å²) in [4.78, 5) is 13.7. The fourth-order valence-electron chi connectivity index (χ4n) is 3.96. The van der Waals surface area contributed by atoms with E-state index >= 15 is 0 Å². The van der Waals surface area contributed by atoms with Gasteiger partial charge in [-0.05, 0) is 30.2 Å². The predicted molar refractivity (Wildman–Crippen MR) is 98.9 cm³/mol. The second kappa shape index (κ2) is 8.12. The first-order valence-corrected chi connectivity index (χ1v) is 9.28. The van der Waals surface area contributed by atoms with Gasteiger partial charge in [0, 0.05) is 57.2 Å². The maximum atomic E-state index is 6.07. The normalized spacial score (nSPS) is 24.2. The molecule has 2 aliphatic heterocycles. The summed E-state index contributed by atoms with van der Waals surface area (Å²) in [5.41, 5.74) is 2.37. The van der Waals surface area contributed by atoms with Crippen LogP contribution in [0, 0.1) is 0 Å². The molecule has 2 aromatic rings. The number of likely N-dealkylation sites (tertiary alicyclic amines) is 1. The van der Waals surface area contributed by atoms with Crippen LogP contribution in [0.1, 0.15) is 17.7 Å². The van der Waals surface area contributed by atoms with Crippen LogP contribution in [0.25, 0.3) is 0 Å². The van der Waals surface area contributed by atoms with Crippen LogP contribution in [0.15, 0.2) is 42.7 Å². The minimum atomic E-state index is 0.333. The molecule has 2 fully saturated rings. The van der Waals surface area contributed by atoms with Gasteiger partial charge in [-0.1, -0.05) is 6.07 Å². The van der Waals surface area contributed by atoms with Crippen LogP contribution in [0.2, 0.25) is 0 Å². The van der Waals surface area contributed by atoms with Gasteiger partial charge >= 0.3 is 0 Å². The van der Waals surface area contributed by atoms with Gasteiger partial charge in [-0.3, -0.25) is 14.8 Å². The molecule has 2 aliphatic rings. The van der Waals surface area contributed by atoms with Crippen LogP contribution in [0.3, 0.4) is 0 Å². The Kier molecular flexibility index (Phi) is 5.43. The van der Waals surface area contributed by atoms with Crippen molar-refractivity contribution in [2.24, 2.45) is 0 Å². The molecule has 0 spiro atoms. The van der Waals surface area contributed by atoms with Crippen LogP contribution in [-0.4, -0.2) is 65.3 Å². The molecular formula is C20H26N4O2. The van der Waals surface area contributed by atoms with E-state index in [1.165, 1.54) is 5.56 Å². The summed E-state index contributed by atoms with van der Waals surface area (Å²) in [6.45, 7) is 5.66. The van der Waals surface area contributed by atoms with Crippen LogP contribution >= 0.6 is 0 Å². The van der Waals surface area contributed by atoms with Gasteiger partial charge in [-0.2, -0.15) is 0 Å². The quantitative estimate of drug-likeness (QED) is 0.818. The highest BCUT2D eigenvalue weighted by molar-refractivity contribution is 5.16. The lowest BCUT2D eigenvalue weighted by Gasteiger charge is -2.47. The second-order valence-corrected chi connectivity index (χ2v) is 7.00. The molecule has 138 valence electrons. The van der Waals surface area contributed by atoms with Crippen LogP contribution in [0.4, 0.5) is 0 Å². The summed E-state index contributed by atoms with van der Waals surface area (Å²) in [7, 11) is 1.66. The lowest BCUT2D eigenvalue weighted by atomic mass is 9.98. The summed E-state index contributed by atoms with van der Waals surface area (Å²) in [6, 6.07) is 10.6. The molecule has 2 atom stereocenters. The molecule has 0 unspecified atom stereocenters. The van der Waals surface area contributed by atoms with Crippen molar-refractivity contribution in [2.75, 3.05) is 33.4 Å². The van der Waals surface area contributed by atoms with Gasteiger partial charge in [0.1, 0.15) is 0 Å². The molecule has 6 nitrogen and oxygen atoms in total. The van der Waals surface area contributed by atoms with E-state index in [2.05, 4.69) is 38.0 Å². The van der Waals surface area contributed by atoms with Gasteiger partial charge in [0.2, 0.25) is 5.88 Å². The Balaban J connectivity index is 1.43. The predicted octanol–water partition coefficient (Wildman–Crippen LogP) is 1.96. The minimum absolute atomic E-state index is 0.333. The molecule has 0 aromatic carbocycles. The molecule has 4 rings (SSSR count). The van der Waals surface area contributed by atoms with Crippen LogP contribution in [-0.2, 0) is 17.8 Å².